The summed E-state index contributed by atoms with van der Waals surface area (Å²) in [7, 11) is 1.82. The zero-order valence-electron chi connectivity index (χ0n) is 20.6. The second kappa shape index (κ2) is 15.9. The van der Waals surface area contributed by atoms with Gasteiger partial charge in [0, 0.05) is 66.2 Å². The van der Waals surface area contributed by atoms with Crippen LogP contribution in [0, 0.1) is 5.92 Å². The van der Waals surface area contributed by atoms with Gasteiger partial charge in [-0.1, -0.05) is 24.3 Å². The van der Waals surface area contributed by atoms with Crippen LogP contribution in [0.15, 0.2) is 29.3 Å². The standard InChI is InChI=1S/C25H42N4O3.HI/c1-20-16-29(17-21(2)32-20)18-24-8-5-4-7-23(24)15-28-25(26-3)27-11-6-12-31-19-22-9-13-30-14-10-22;/h4-5,7-8,20-22H,6,9-19H2,1-3H3,(H2,26,27,28);1H. The number of hydrogen-bond acceptors (Lipinski definition) is 5. The first-order valence-electron chi connectivity index (χ1n) is 12.2. The molecule has 2 aliphatic rings. The van der Waals surface area contributed by atoms with E-state index in [9.17, 15) is 0 Å². The van der Waals surface area contributed by atoms with Crippen LogP contribution in [0.25, 0.3) is 0 Å². The van der Waals surface area contributed by atoms with Gasteiger partial charge in [0.15, 0.2) is 5.96 Å². The number of rotatable bonds is 10. The maximum atomic E-state index is 5.88. The predicted molar refractivity (Wildman–Crippen MR) is 144 cm³/mol. The molecule has 0 aliphatic carbocycles. The highest BCUT2D eigenvalue weighted by Gasteiger charge is 2.22. The molecule has 2 aliphatic heterocycles. The average molecular weight is 575 g/mol. The van der Waals surface area contributed by atoms with Gasteiger partial charge in [0.1, 0.15) is 0 Å². The zero-order chi connectivity index (χ0) is 22.6. The molecular weight excluding hydrogens is 531 g/mol. The Balaban J connectivity index is 0.00000385. The van der Waals surface area contributed by atoms with E-state index in [1.165, 1.54) is 11.1 Å². The Morgan fingerprint density at radius 2 is 1.79 bits per heavy atom. The van der Waals surface area contributed by atoms with Crippen LogP contribution in [0.1, 0.15) is 44.2 Å². The minimum absolute atomic E-state index is 0. The first-order valence-corrected chi connectivity index (χ1v) is 12.2. The van der Waals surface area contributed by atoms with Crippen molar-refractivity contribution in [3.63, 3.8) is 0 Å². The molecule has 2 saturated heterocycles. The van der Waals surface area contributed by atoms with Gasteiger partial charge in [0.25, 0.3) is 0 Å². The Labute approximate surface area is 217 Å². The van der Waals surface area contributed by atoms with Gasteiger partial charge in [-0.25, -0.2) is 0 Å². The van der Waals surface area contributed by atoms with Gasteiger partial charge in [0.2, 0.25) is 0 Å². The highest BCUT2D eigenvalue weighted by molar-refractivity contribution is 14.0. The van der Waals surface area contributed by atoms with Crippen molar-refractivity contribution in [1.82, 2.24) is 15.5 Å². The fourth-order valence-electron chi connectivity index (χ4n) is 4.48. The van der Waals surface area contributed by atoms with Gasteiger partial charge in [-0.3, -0.25) is 9.89 Å². The second-order valence-electron chi connectivity index (χ2n) is 9.06. The third kappa shape index (κ3) is 10.5. The third-order valence-corrected chi connectivity index (χ3v) is 6.13. The number of nitrogens with one attached hydrogen (secondary N) is 2. The van der Waals surface area contributed by atoms with Crippen LogP contribution in [0.2, 0.25) is 0 Å². The van der Waals surface area contributed by atoms with Crippen molar-refractivity contribution in [2.75, 3.05) is 53.1 Å². The van der Waals surface area contributed by atoms with Crippen molar-refractivity contribution < 1.29 is 14.2 Å². The van der Waals surface area contributed by atoms with Crippen molar-refractivity contribution in [1.29, 1.82) is 0 Å². The molecule has 0 saturated carbocycles. The fraction of sp³-hybridized carbons (Fsp3) is 0.720. The second-order valence-corrected chi connectivity index (χ2v) is 9.06. The maximum absolute atomic E-state index is 5.88. The number of aliphatic imine (C=N–C) groups is 1. The average Bonchev–Trinajstić information content (AvgIpc) is 2.79. The van der Waals surface area contributed by atoms with Crippen molar-refractivity contribution in [3.05, 3.63) is 35.4 Å². The molecule has 8 heteroatoms. The molecule has 0 bridgehead atoms. The summed E-state index contributed by atoms with van der Waals surface area (Å²) in [6.45, 7) is 12.2. The van der Waals surface area contributed by atoms with E-state index in [-0.39, 0.29) is 36.2 Å². The summed E-state index contributed by atoms with van der Waals surface area (Å²) in [6, 6.07) is 8.66. The lowest BCUT2D eigenvalue weighted by Gasteiger charge is -2.35. The SMILES string of the molecule is CN=C(NCCCOCC1CCOCC1)NCc1ccccc1CN1CC(C)OC(C)C1.I. The third-order valence-electron chi connectivity index (χ3n) is 6.13. The summed E-state index contributed by atoms with van der Waals surface area (Å²) in [4.78, 5) is 6.86. The highest BCUT2D eigenvalue weighted by Crippen LogP contribution is 2.17. The van der Waals surface area contributed by atoms with Gasteiger partial charge in [-0.05, 0) is 50.2 Å². The minimum Gasteiger partial charge on any atom is -0.381 e. The van der Waals surface area contributed by atoms with Gasteiger partial charge in [-0.2, -0.15) is 0 Å². The number of hydrogen-bond donors (Lipinski definition) is 2. The molecule has 1 aromatic rings. The summed E-state index contributed by atoms with van der Waals surface area (Å²) in [5.74, 6) is 1.49. The predicted octanol–water partition coefficient (Wildman–Crippen LogP) is 3.41. The number of halogens is 1. The Hall–Kier alpha value is -0.940. The Morgan fingerprint density at radius 1 is 1.09 bits per heavy atom. The molecule has 3 rings (SSSR count). The first kappa shape index (κ1) is 28.3. The topological polar surface area (TPSA) is 67.4 Å². The number of benzene rings is 1. The van der Waals surface area contributed by atoms with Gasteiger partial charge >= 0.3 is 0 Å². The lowest BCUT2D eigenvalue weighted by atomic mass is 10.0. The van der Waals surface area contributed by atoms with Crippen LogP contribution >= 0.6 is 24.0 Å². The molecule has 2 heterocycles. The van der Waals surface area contributed by atoms with Crippen molar-refractivity contribution in [3.8, 4) is 0 Å². The molecule has 33 heavy (non-hydrogen) atoms. The maximum Gasteiger partial charge on any atom is 0.191 e. The van der Waals surface area contributed by atoms with Gasteiger partial charge in [0.05, 0.1) is 12.2 Å². The van der Waals surface area contributed by atoms with Crippen LogP contribution in [-0.4, -0.2) is 76.2 Å². The van der Waals surface area contributed by atoms with Crippen LogP contribution < -0.4 is 10.6 Å². The normalized spacial score (nSPS) is 22.6. The largest absolute Gasteiger partial charge is 0.381 e. The van der Waals surface area contributed by atoms with E-state index in [1.54, 1.807) is 0 Å². The minimum atomic E-state index is 0. The first-order chi connectivity index (χ1) is 15.6. The molecule has 2 unspecified atom stereocenters. The Morgan fingerprint density at radius 3 is 2.48 bits per heavy atom. The highest BCUT2D eigenvalue weighted by atomic mass is 127. The molecule has 2 N–H and O–H groups in total. The van der Waals surface area contributed by atoms with E-state index < -0.39 is 0 Å². The molecule has 0 spiro atoms. The van der Waals surface area contributed by atoms with Crippen LogP contribution in [-0.2, 0) is 27.3 Å². The number of ether oxygens (including phenoxy) is 3. The van der Waals surface area contributed by atoms with E-state index in [1.807, 2.05) is 7.05 Å². The van der Waals surface area contributed by atoms with E-state index in [0.29, 0.717) is 5.92 Å². The quantitative estimate of drug-likeness (QED) is 0.193. The van der Waals surface area contributed by atoms with Crippen LogP contribution in [0.5, 0.6) is 0 Å². The number of morpholine rings is 1. The summed E-state index contributed by atoms with van der Waals surface area (Å²) in [5, 5.41) is 6.87. The molecule has 0 aromatic heterocycles. The van der Waals surface area contributed by atoms with E-state index in [4.69, 9.17) is 14.2 Å². The smallest absolute Gasteiger partial charge is 0.191 e. The van der Waals surface area contributed by atoms with Gasteiger partial charge < -0.3 is 24.8 Å². The lowest BCUT2D eigenvalue weighted by molar-refractivity contribution is -0.0705. The summed E-state index contributed by atoms with van der Waals surface area (Å²) in [5.41, 5.74) is 2.67. The zero-order valence-corrected chi connectivity index (χ0v) is 22.9. The summed E-state index contributed by atoms with van der Waals surface area (Å²) < 4.78 is 17.1. The summed E-state index contributed by atoms with van der Waals surface area (Å²) >= 11 is 0. The van der Waals surface area contributed by atoms with Crippen LogP contribution in [0.3, 0.4) is 0 Å². The van der Waals surface area contributed by atoms with E-state index >= 15 is 0 Å². The number of guanidine groups is 1. The molecule has 1 aromatic carbocycles. The summed E-state index contributed by atoms with van der Waals surface area (Å²) in [6.07, 6.45) is 3.79. The molecular formula is C25H43IN4O3. The van der Waals surface area contributed by atoms with E-state index in [0.717, 1.165) is 84.4 Å². The van der Waals surface area contributed by atoms with Crippen molar-refractivity contribution in [2.24, 2.45) is 10.9 Å². The van der Waals surface area contributed by atoms with Crippen molar-refractivity contribution >= 4 is 29.9 Å². The number of nitrogens with zero attached hydrogens (tertiary/aromatic N) is 2. The monoisotopic (exact) mass is 574 g/mol. The van der Waals surface area contributed by atoms with Crippen LogP contribution in [0.4, 0.5) is 0 Å². The Bertz CT molecular complexity index is 690. The van der Waals surface area contributed by atoms with E-state index in [2.05, 4.69) is 58.6 Å². The molecule has 7 nitrogen and oxygen atoms in total. The molecule has 2 fully saturated rings. The van der Waals surface area contributed by atoms with Crippen molar-refractivity contribution in [2.45, 2.75) is 58.4 Å². The lowest BCUT2D eigenvalue weighted by Crippen LogP contribution is -2.45. The molecule has 188 valence electrons. The fourth-order valence-corrected chi connectivity index (χ4v) is 4.48. The Kier molecular flexibility index (Phi) is 13.6. The molecule has 2 atom stereocenters. The molecule has 0 radical (unpaired) electrons. The van der Waals surface area contributed by atoms with Gasteiger partial charge in [-0.15, -0.1) is 24.0 Å². The molecule has 0 amide bonds.